The molecule has 0 bridgehead atoms. The summed E-state index contributed by atoms with van der Waals surface area (Å²) in [5.74, 6) is -1.03. The number of urea groups is 1. The average molecular weight is 331 g/mol. The fourth-order valence-electron chi connectivity index (χ4n) is 1.24. The summed E-state index contributed by atoms with van der Waals surface area (Å²) >= 11 is 3.33. The Hall–Kier alpha value is -1.60. The number of ether oxygens (including phenoxy) is 1. The Balaban J connectivity index is 2.11. The number of carboxylic acid groups (broad SMARTS) is 1. The summed E-state index contributed by atoms with van der Waals surface area (Å²) in [7, 11) is 0. The number of hydrogen-bond donors (Lipinski definition) is 3. The van der Waals surface area contributed by atoms with E-state index in [-0.39, 0.29) is 25.8 Å². The van der Waals surface area contributed by atoms with Crippen LogP contribution < -0.4 is 10.6 Å². The Morgan fingerprint density at radius 1 is 1.21 bits per heavy atom. The van der Waals surface area contributed by atoms with Crippen LogP contribution in [0.1, 0.15) is 5.56 Å². The molecule has 104 valence electrons. The smallest absolute Gasteiger partial charge is 0.329 e. The van der Waals surface area contributed by atoms with Crippen molar-refractivity contribution in [2.75, 3.05) is 19.8 Å². The third kappa shape index (κ3) is 7.43. The molecule has 0 heterocycles. The molecule has 0 radical (unpaired) electrons. The molecule has 0 aromatic heterocycles. The van der Waals surface area contributed by atoms with Crippen LogP contribution in [0.5, 0.6) is 0 Å². The summed E-state index contributed by atoms with van der Waals surface area (Å²) in [6.07, 6.45) is 0. The highest BCUT2D eigenvalue weighted by Gasteiger charge is 2.00. The third-order valence-corrected chi connectivity index (χ3v) is 2.65. The molecule has 19 heavy (non-hydrogen) atoms. The van der Waals surface area contributed by atoms with Crippen LogP contribution in [-0.2, 0) is 16.1 Å². The van der Waals surface area contributed by atoms with Gasteiger partial charge in [0.2, 0.25) is 0 Å². The first-order valence-corrected chi connectivity index (χ1v) is 6.43. The topological polar surface area (TPSA) is 87.7 Å². The summed E-state index contributed by atoms with van der Waals surface area (Å²) in [6, 6.07) is 7.28. The standard InChI is InChI=1S/C12H15BrN2O4/c13-10-3-1-9(2-4-10)7-15-12(18)14-5-6-19-8-11(16)17/h1-4H,5-8H2,(H,16,17)(H2,14,15,18). The molecule has 3 N–H and O–H groups in total. The van der Waals surface area contributed by atoms with Crippen LogP contribution in [0.2, 0.25) is 0 Å². The van der Waals surface area contributed by atoms with Crippen molar-refractivity contribution in [1.82, 2.24) is 10.6 Å². The van der Waals surface area contributed by atoms with Crippen LogP contribution in [0.25, 0.3) is 0 Å². The van der Waals surface area contributed by atoms with Gasteiger partial charge in [-0.15, -0.1) is 0 Å². The first-order valence-electron chi connectivity index (χ1n) is 5.63. The maximum Gasteiger partial charge on any atom is 0.329 e. The van der Waals surface area contributed by atoms with Crippen LogP contribution in [0.15, 0.2) is 28.7 Å². The van der Waals surface area contributed by atoms with E-state index in [1.807, 2.05) is 24.3 Å². The molecule has 1 aromatic rings. The van der Waals surface area contributed by atoms with Gasteiger partial charge in [0, 0.05) is 17.6 Å². The third-order valence-electron chi connectivity index (χ3n) is 2.12. The van der Waals surface area contributed by atoms with Gasteiger partial charge < -0.3 is 20.5 Å². The molecule has 7 heteroatoms. The minimum absolute atomic E-state index is 0.165. The SMILES string of the molecule is O=C(O)COCCNC(=O)NCc1ccc(Br)cc1. The molecule has 0 aliphatic rings. The van der Waals surface area contributed by atoms with Crippen molar-refractivity contribution in [3.63, 3.8) is 0 Å². The first kappa shape index (κ1) is 15.5. The quantitative estimate of drug-likeness (QED) is 0.658. The highest BCUT2D eigenvalue weighted by molar-refractivity contribution is 9.10. The molecule has 2 amide bonds. The van der Waals surface area contributed by atoms with E-state index in [2.05, 4.69) is 26.6 Å². The van der Waals surface area contributed by atoms with Gasteiger partial charge in [-0.1, -0.05) is 28.1 Å². The van der Waals surface area contributed by atoms with Crippen molar-refractivity contribution in [1.29, 1.82) is 0 Å². The second kappa shape index (κ2) is 8.49. The van der Waals surface area contributed by atoms with E-state index < -0.39 is 5.97 Å². The van der Waals surface area contributed by atoms with Crippen LogP contribution in [0, 0.1) is 0 Å². The number of halogens is 1. The molecule has 0 fully saturated rings. The van der Waals surface area contributed by atoms with E-state index in [1.165, 1.54) is 0 Å². The lowest BCUT2D eigenvalue weighted by molar-refractivity contribution is -0.142. The molecule has 0 aliphatic carbocycles. The lowest BCUT2D eigenvalue weighted by Crippen LogP contribution is -2.37. The van der Waals surface area contributed by atoms with Crippen molar-refractivity contribution in [3.8, 4) is 0 Å². The maximum absolute atomic E-state index is 11.4. The van der Waals surface area contributed by atoms with E-state index in [0.717, 1.165) is 10.0 Å². The number of hydrogen-bond acceptors (Lipinski definition) is 3. The largest absolute Gasteiger partial charge is 0.480 e. The molecule has 0 unspecified atom stereocenters. The number of nitrogens with one attached hydrogen (secondary N) is 2. The predicted molar refractivity (Wildman–Crippen MR) is 72.8 cm³/mol. The zero-order chi connectivity index (χ0) is 14.1. The fourth-order valence-corrected chi connectivity index (χ4v) is 1.51. The summed E-state index contributed by atoms with van der Waals surface area (Å²) in [5.41, 5.74) is 0.987. The molecule has 1 rings (SSSR count). The lowest BCUT2D eigenvalue weighted by Gasteiger charge is -2.07. The molecule has 1 aromatic carbocycles. The molecular formula is C12H15BrN2O4. The van der Waals surface area contributed by atoms with Crippen LogP contribution >= 0.6 is 15.9 Å². The van der Waals surface area contributed by atoms with Gasteiger partial charge in [0.05, 0.1) is 6.61 Å². The Labute approximate surface area is 119 Å². The average Bonchev–Trinajstić information content (AvgIpc) is 2.37. The zero-order valence-electron chi connectivity index (χ0n) is 10.2. The van der Waals surface area contributed by atoms with Crippen molar-refractivity contribution in [3.05, 3.63) is 34.3 Å². The van der Waals surface area contributed by atoms with Crippen molar-refractivity contribution >= 4 is 27.9 Å². The number of carbonyl (C=O) groups is 2. The van der Waals surface area contributed by atoms with E-state index in [0.29, 0.717) is 6.54 Å². The molecule has 0 spiro atoms. The molecular weight excluding hydrogens is 316 g/mol. The summed E-state index contributed by atoms with van der Waals surface area (Å²) < 4.78 is 5.76. The summed E-state index contributed by atoms with van der Waals surface area (Å²) in [5, 5.41) is 13.6. The van der Waals surface area contributed by atoms with Gasteiger partial charge in [0.25, 0.3) is 0 Å². The van der Waals surface area contributed by atoms with E-state index in [1.54, 1.807) is 0 Å². The van der Waals surface area contributed by atoms with E-state index in [4.69, 9.17) is 9.84 Å². The van der Waals surface area contributed by atoms with Gasteiger partial charge in [-0.25, -0.2) is 9.59 Å². The monoisotopic (exact) mass is 330 g/mol. The Morgan fingerprint density at radius 2 is 1.89 bits per heavy atom. The molecule has 0 saturated carbocycles. The fraction of sp³-hybridized carbons (Fsp3) is 0.333. The van der Waals surface area contributed by atoms with E-state index >= 15 is 0 Å². The highest BCUT2D eigenvalue weighted by Crippen LogP contribution is 2.09. The van der Waals surface area contributed by atoms with Gasteiger partial charge in [-0.3, -0.25) is 0 Å². The zero-order valence-corrected chi connectivity index (χ0v) is 11.8. The maximum atomic E-state index is 11.4. The van der Waals surface area contributed by atoms with Gasteiger partial charge in [-0.05, 0) is 17.7 Å². The normalized spacial score (nSPS) is 9.95. The van der Waals surface area contributed by atoms with Crippen molar-refractivity contribution < 1.29 is 19.4 Å². The molecule has 0 saturated heterocycles. The second-order valence-electron chi connectivity index (χ2n) is 3.68. The number of aliphatic carboxylic acids is 1. The Morgan fingerprint density at radius 3 is 2.53 bits per heavy atom. The van der Waals surface area contributed by atoms with Crippen LogP contribution in [0.3, 0.4) is 0 Å². The predicted octanol–water partition coefficient (Wildman–Crippen LogP) is 1.35. The van der Waals surface area contributed by atoms with Crippen molar-refractivity contribution in [2.24, 2.45) is 0 Å². The highest BCUT2D eigenvalue weighted by atomic mass is 79.9. The molecule has 0 atom stereocenters. The number of carbonyl (C=O) groups excluding carboxylic acids is 1. The van der Waals surface area contributed by atoms with Gasteiger partial charge in [0.15, 0.2) is 0 Å². The van der Waals surface area contributed by atoms with Gasteiger partial charge >= 0.3 is 12.0 Å². The minimum atomic E-state index is -1.03. The number of carboxylic acids is 1. The second-order valence-corrected chi connectivity index (χ2v) is 4.60. The number of benzene rings is 1. The molecule has 6 nitrogen and oxygen atoms in total. The molecule has 0 aliphatic heterocycles. The number of rotatable bonds is 7. The van der Waals surface area contributed by atoms with Crippen LogP contribution in [0.4, 0.5) is 4.79 Å². The minimum Gasteiger partial charge on any atom is -0.480 e. The van der Waals surface area contributed by atoms with Crippen LogP contribution in [-0.4, -0.2) is 36.9 Å². The lowest BCUT2D eigenvalue weighted by atomic mass is 10.2. The Kier molecular flexibility index (Phi) is 6.91. The van der Waals surface area contributed by atoms with Gasteiger partial charge in [-0.2, -0.15) is 0 Å². The first-order chi connectivity index (χ1) is 9.08. The number of amides is 2. The Bertz CT molecular complexity index is 422. The van der Waals surface area contributed by atoms with E-state index in [9.17, 15) is 9.59 Å². The summed E-state index contributed by atoms with van der Waals surface area (Å²) in [6.45, 7) is 0.495. The summed E-state index contributed by atoms with van der Waals surface area (Å²) in [4.78, 5) is 21.5. The van der Waals surface area contributed by atoms with Gasteiger partial charge in [0.1, 0.15) is 6.61 Å². The van der Waals surface area contributed by atoms with Crippen molar-refractivity contribution in [2.45, 2.75) is 6.54 Å².